The van der Waals surface area contributed by atoms with Gasteiger partial charge in [0.05, 0.1) is 0 Å². The number of hydrogen-bond acceptors (Lipinski definition) is 3. The Labute approximate surface area is 207 Å². The predicted octanol–water partition coefficient (Wildman–Crippen LogP) is 7.11. The van der Waals surface area contributed by atoms with E-state index in [0.29, 0.717) is 25.3 Å². The average Bonchev–Trinajstić information content (AvgIpc) is 2.92. The van der Waals surface area contributed by atoms with E-state index in [2.05, 4.69) is 30.9 Å². The second-order valence-electron chi connectivity index (χ2n) is 8.39. The van der Waals surface area contributed by atoms with Crippen LogP contribution < -0.4 is 9.64 Å². The van der Waals surface area contributed by atoms with Crippen molar-refractivity contribution in [3.63, 3.8) is 0 Å². The lowest BCUT2D eigenvalue weighted by Crippen LogP contribution is -2.32. The third-order valence-corrected chi connectivity index (χ3v) is 5.84. The lowest BCUT2D eigenvalue weighted by molar-refractivity contribution is 0.0987. The molecule has 35 heavy (non-hydrogen) atoms. The maximum Gasteiger partial charge on any atom is 0.258 e. The molecule has 0 aliphatic heterocycles. The fraction of sp³-hybridized carbons (Fsp3) is 0.194. The number of para-hydroxylation sites is 1. The number of allylic oxidation sites excluding steroid dienone is 2. The van der Waals surface area contributed by atoms with Crippen LogP contribution in [-0.2, 0) is 11.3 Å². The highest BCUT2D eigenvalue weighted by atomic mass is 16.5. The van der Waals surface area contributed by atoms with Gasteiger partial charge in [-0.05, 0) is 73.4 Å². The van der Waals surface area contributed by atoms with Crippen LogP contribution in [-0.4, -0.2) is 19.1 Å². The van der Waals surface area contributed by atoms with Crippen LogP contribution in [0.5, 0.6) is 5.75 Å². The number of ether oxygens (including phenoxy) is 2. The largest absolute Gasteiger partial charge is 0.490 e. The Bertz CT molecular complexity index is 1160. The van der Waals surface area contributed by atoms with Crippen LogP contribution in [0.3, 0.4) is 0 Å². The van der Waals surface area contributed by atoms with E-state index in [-0.39, 0.29) is 5.91 Å². The zero-order chi connectivity index (χ0) is 24.3. The number of nitrogens with zero attached hydrogens (tertiary/aromatic N) is 1. The molecule has 0 atom stereocenters. The van der Waals surface area contributed by atoms with Crippen molar-refractivity contribution < 1.29 is 14.3 Å². The number of amides is 1. The molecule has 0 unspecified atom stereocenters. The van der Waals surface area contributed by atoms with Crippen molar-refractivity contribution in [2.24, 2.45) is 0 Å². The maximum absolute atomic E-state index is 13.5. The number of anilines is 1. The number of rotatable bonds is 11. The molecule has 4 nitrogen and oxygen atoms in total. The minimum atomic E-state index is -0.0287. The summed E-state index contributed by atoms with van der Waals surface area (Å²) in [7, 11) is 0. The molecule has 0 spiro atoms. The fourth-order valence-electron chi connectivity index (χ4n) is 3.99. The molecule has 0 bridgehead atoms. The average molecular weight is 466 g/mol. The SMILES string of the molecule is C=CCOc1ccc(C(=O)N(CCC2=CC(OCc3ccccc3)=CCC2)c2ccccc2)cc1. The van der Waals surface area contributed by atoms with E-state index in [0.717, 1.165) is 42.0 Å². The second kappa shape index (κ2) is 12.4. The topological polar surface area (TPSA) is 38.8 Å². The molecule has 1 aliphatic rings. The normalized spacial score (nSPS) is 12.8. The molecule has 0 N–H and O–H groups in total. The van der Waals surface area contributed by atoms with Gasteiger partial charge in [0, 0.05) is 17.8 Å². The summed E-state index contributed by atoms with van der Waals surface area (Å²) in [4.78, 5) is 15.3. The summed E-state index contributed by atoms with van der Waals surface area (Å²) in [5.41, 5.74) is 3.95. The van der Waals surface area contributed by atoms with E-state index in [4.69, 9.17) is 9.47 Å². The molecule has 0 radical (unpaired) electrons. The van der Waals surface area contributed by atoms with E-state index in [1.54, 1.807) is 6.08 Å². The lowest BCUT2D eigenvalue weighted by Gasteiger charge is -2.24. The van der Waals surface area contributed by atoms with Gasteiger partial charge < -0.3 is 14.4 Å². The zero-order valence-electron chi connectivity index (χ0n) is 19.9. The highest BCUT2D eigenvalue weighted by molar-refractivity contribution is 6.06. The minimum absolute atomic E-state index is 0.0287. The Morgan fingerprint density at radius 3 is 2.34 bits per heavy atom. The van der Waals surface area contributed by atoms with E-state index in [1.807, 2.05) is 77.7 Å². The van der Waals surface area contributed by atoms with Crippen molar-refractivity contribution in [2.75, 3.05) is 18.1 Å². The molecule has 4 rings (SSSR count). The smallest absolute Gasteiger partial charge is 0.258 e. The monoisotopic (exact) mass is 465 g/mol. The molecule has 1 amide bonds. The molecule has 3 aromatic carbocycles. The fourth-order valence-corrected chi connectivity index (χ4v) is 3.99. The van der Waals surface area contributed by atoms with Crippen LogP contribution in [0.2, 0.25) is 0 Å². The van der Waals surface area contributed by atoms with Gasteiger partial charge in [0.1, 0.15) is 24.7 Å². The van der Waals surface area contributed by atoms with Crippen LogP contribution in [0, 0.1) is 0 Å². The van der Waals surface area contributed by atoms with Gasteiger partial charge in [-0.15, -0.1) is 0 Å². The molecule has 0 heterocycles. The zero-order valence-corrected chi connectivity index (χ0v) is 19.9. The quantitative estimate of drug-likeness (QED) is 0.283. The first-order valence-electron chi connectivity index (χ1n) is 12.0. The molecule has 0 saturated carbocycles. The highest BCUT2D eigenvalue weighted by Gasteiger charge is 2.19. The number of hydrogen-bond donors (Lipinski definition) is 0. The van der Waals surface area contributed by atoms with Crippen LogP contribution in [0.25, 0.3) is 0 Å². The molecule has 1 aliphatic carbocycles. The minimum Gasteiger partial charge on any atom is -0.490 e. The Morgan fingerprint density at radius 1 is 0.914 bits per heavy atom. The Morgan fingerprint density at radius 2 is 1.63 bits per heavy atom. The van der Waals surface area contributed by atoms with Gasteiger partial charge in [-0.3, -0.25) is 4.79 Å². The van der Waals surface area contributed by atoms with Crippen molar-refractivity contribution in [3.8, 4) is 5.75 Å². The molecule has 4 heteroatoms. The summed E-state index contributed by atoms with van der Waals surface area (Å²) < 4.78 is 11.6. The summed E-state index contributed by atoms with van der Waals surface area (Å²) in [5, 5.41) is 0. The lowest BCUT2D eigenvalue weighted by atomic mass is 10.0. The molecular formula is C31H31NO3. The Balaban J connectivity index is 1.43. The number of carbonyl (C=O) groups excluding carboxylic acids is 1. The van der Waals surface area contributed by atoms with Gasteiger partial charge in [-0.25, -0.2) is 0 Å². The van der Waals surface area contributed by atoms with Crippen LogP contribution in [0.4, 0.5) is 5.69 Å². The van der Waals surface area contributed by atoms with Gasteiger partial charge in [-0.2, -0.15) is 0 Å². The van der Waals surface area contributed by atoms with Crippen LogP contribution in [0.15, 0.2) is 121 Å². The van der Waals surface area contributed by atoms with Gasteiger partial charge in [0.2, 0.25) is 0 Å². The first kappa shape index (κ1) is 24.1. The highest BCUT2D eigenvalue weighted by Crippen LogP contribution is 2.25. The van der Waals surface area contributed by atoms with Gasteiger partial charge in [0.25, 0.3) is 5.91 Å². The molecule has 0 fully saturated rings. The van der Waals surface area contributed by atoms with E-state index in [9.17, 15) is 4.79 Å². The van der Waals surface area contributed by atoms with Crippen molar-refractivity contribution in [3.05, 3.63) is 132 Å². The first-order valence-corrected chi connectivity index (χ1v) is 12.0. The van der Waals surface area contributed by atoms with Crippen molar-refractivity contribution >= 4 is 11.6 Å². The Kier molecular flexibility index (Phi) is 8.55. The Hall–Kier alpha value is -4.05. The summed E-state index contributed by atoms with van der Waals surface area (Å²) >= 11 is 0. The third kappa shape index (κ3) is 6.97. The van der Waals surface area contributed by atoms with Crippen LogP contribution >= 0.6 is 0 Å². The van der Waals surface area contributed by atoms with E-state index < -0.39 is 0 Å². The molecular weight excluding hydrogens is 434 g/mol. The van der Waals surface area contributed by atoms with Gasteiger partial charge in [-0.1, -0.05) is 66.8 Å². The van der Waals surface area contributed by atoms with Gasteiger partial charge in [0.15, 0.2) is 0 Å². The van der Waals surface area contributed by atoms with Crippen molar-refractivity contribution in [2.45, 2.75) is 25.9 Å². The van der Waals surface area contributed by atoms with E-state index in [1.165, 1.54) is 5.57 Å². The van der Waals surface area contributed by atoms with E-state index >= 15 is 0 Å². The molecule has 0 saturated heterocycles. The molecule has 3 aromatic rings. The van der Waals surface area contributed by atoms with Gasteiger partial charge >= 0.3 is 0 Å². The first-order chi connectivity index (χ1) is 17.2. The third-order valence-electron chi connectivity index (χ3n) is 5.84. The second-order valence-corrected chi connectivity index (χ2v) is 8.39. The van der Waals surface area contributed by atoms with Crippen molar-refractivity contribution in [1.82, 2.24) is 0 Å². The maximum atomic E-state index is 13.5. The molecule has 178 valence electrons. The van der Waals surface area contributed by atoms with Crippen LogP contribution in [0.1, 0.15) is 35.2 Å². The summed E-state index contributed by atoms with van der Waals surface area (Å²) in [5.74, 6) is 1.59. The van der Waals surface area contributed by atoms with Crippen molar-refractivity contribution in [1.29, 1.82) is 0 Å². The number of benzene rings is 3. The summed E-state index contributed by atoms with van der Waals surface area (Å²) in [6.45, 7) is 5.24. The summed E-state index contributed by atoms with van der Waals surface area (Å²) in [6.07, 6.45) is 8.68. The number of carbonyl (C=O) groups is 1. The molecule has 0 aromatic heterocycles. The standard InChI is InChI=1S/C31H31NO3/c1-2-22-34-29-18-16-27(17-19-29)31(33)32(28-13-7-4-8-14-28)21-20-25-12-9-15-30(23-25)35-24-26-10-5-3-6-11-26/h2-8,10-11,13-19,23H,1,9,12,20-22,24H2. The predicted molar refractivity (Wildman–Crippen MR) is 142 cm³/mol. The summed E-state index contributed by atoms with van der Waals surface area (Å²) in [6, 6.07) is 27.3.